The molecule has 0 radical (unpaired) electrons. The van der Waals surface area contributed by atoms with Gasteiger partial charge >= 0.3 is 0 Å². The number of azide groups is 1. The Morgan fingerprint density at radius 3 is 3.06 bits per heavy atom. The molecule has 0 aliphatic carbocycles. The van der Waals surface area contributed by atoms with Crippen molar-refractivity contribution in [2.45, 2.75) is 6.42 Å². The summed E-state index contributed by atoms with van der Waals surface area (Å²) in [5, 5.41) is 3.39. The van der Waals surface area contributed by atoms with E-state index in [0.29, 0.717) is 24.4 Å². The Hall–Kier alpha value is -2.31. The molecule has 0 fully saturated rings. The maximum absolute atomic E-state index is 8.07. The van der Waals surface area contributed by atoms with Crippen LogP contribution in [-0.2, 0) is 0 Å². The molecule has 1 aromatic rings. The van der Waals surface area contributed by atoms with Crippen molar-refractivity contribution in [2.24, 2.45) is 5.11 Å². The lowest BCUT2D eigenvalue weighted by Gasteiger charge is -2.03. The van der Waals surface area contributed by atoms with E-state index in [2.05, 4.69) is 21.9 Å². The van der Waals surface area contributed by atoms with E-state index in [1.54, 1.807) is 25.3 Å². The Kier molecular flexibility index (Phi) is 4.58. The van der Waals surface area contributed by atoms with E-state index in [9.17, 15) is 0 Å². The van der Waals surface area contributed by atoms with Crippen LogP contribution in [0.15, 0.2) is 23.3 Å². The predicted molar refractivity (Wildman–Crippen MR) is 62.9 cm³/mol. The largest absolute Gasteiger partial charge is 0.495 e. The van der Waals surface area contributed by atoms with Gasteiger partial charge < -0.3 is 10.5 Å². The maximum Gasteiger partial charge on any atom is 0.134 e. The first-order valence-corrected chi connectivity index (χ1v) is 4.71. The summed E-state index contributed by atoms with van der Waals surface area (Å²) in [6.07, 6.45) is 0.516. The lowest BCUT2D eigenvalue weighted by molar-refractivity contribution is 0.413. The standard InChI is InChI=1S/C11H12N4O/c1-16-11-6-5-10(12)8-9(11)4-2-3-7-14-15-13/h5-6,8H,3,7,12H2,1H3. The molecule has 0 heterocycles. The molecule has 0 aromatic heterocycles. The molecule has 5 nitrogen and oxygen atoms in total. The molecular weight excluding hydrogens is 204 g/mol. The van der Waals surface area contributed by atoms with Crippen LogP contribution in [0, 0.1) is 11.8 Å². The Labute approximate surface area is 93.8 Å². The van der Waals surface area contributed by atoms with Gasteiger partial charge in [0.15, 0.2) is 0 Å². The van der Waals surface area contributed by atoms with Crippen LogP contribution in [0.4, 0.5) is 5.69 Å². The summed E-state index contributed by atoms with van der Waals surface area (Å²) < 4.78 is 5.14. The van der Waals surface area contributed by atoms with Gasteiger partial charge in [0.25, 0.3) is 0 Å². The van der Waals surface area contributed by atoms with Crippen molar-refractivity contribution in [2.75, 3.05) is 19.4 Å². The molecule has 0 spiro atoms. The van der Waals surface area contributed by atoms with Gasteiger partial charge in [-0.2, -0.15) is 0 Å². The number of anilines is 1. The fourth-order valence-corrected chi connectivity index (χ4v) is 1.13. The van der Waals surface area contributed by atoms with E-state index in [1.807, 2.05) is 0 Å². The first-order chi connectivity index (χ1) is 7.77. The van der Waals surface area contributed by atoms with Crippen LogP contribution in [0.2, 0.25) is 0 Å². The summed E-state index contributed by atoms with van der Waals surface area (Å²) in [6, 6.07) is 5.27. The number of hydrogen-bond donors (Lipinski definition) is 1. The summed E-state index contributed by atoms with van der Waals surface area (Å²) in [5.41, 5.74) is 15.1. The molecule has 1 rings (SSSR count). The lowest BCUT2D eigenvalue weighted by atomic mass is 10.2. The smallest absolute Gasteiger partial charge is 0.134 e. The third-order valence-electron chi connectivity index (χ3n) is 1.85. The van der Waals surface area contributed by atoms with Gasteiger partial charge in [0.05, 0.1) is 12.7 Å². The van der Waals surface area contributed by atoms with E-state index in [-0.39, 0.29) is 0 Å². The molecule has 0 saturated carbocycles. The SMILES string of the molecule is COc1ccc(N)cc1C#CCCN=[N+]=[N-]. The predicted octanol–water partition coefficient (Wildman–Crippen LogP) is 2.33. The van der Waals surface area contributed by atoms with E-state index in [4.69, 9.17) is 16.0 Å². The quantitative estimate of drug-likeness (QED) is 0.210. The number of ether oxygens (including phenoxy) is 1. The minimum Gasteiger partial charge on any atom is -0.495 e. The van der Waals surface area contributed by atoms with Gasteiger partial charge in [0.2, 0.25) is 0 Å². The summed E-state index contributed by atoms with van der Waals surface area (Å²) in [5.74, 6) is 6.50. The molecular formula is C11H12N4O. The van der Waals surface area contributed by atoms with Crippen LogP contribution in [0.1, 0.15) is 12.0 Å². The number of benzene rings is 1. The topological polar surface area (TPSA) is 84.0 Å². The van der Waals surface area contributed by atoms with E-state index in [0.717, 1.165) is 5.56 Å². The Morgan fingerprint density at radius 2 is 2.38 bits per heavy atom. The highest BCUT2D eigenvalue weighted by molar-refractivity contribution is 5.54. The lowest BCUT2D eigenvalue weighted by Crippen LogP contribution is -1.91. The molecule has 2 N–H and O–H groups in total. The summed E-state index contributed by atoms with van der Waals surface area (Å²) >= 11 is 0. The molecule has 0 saturated heterocycles. The zero-order valence-electron chi connectivity index (χ0n) is 8.97. The molecule has 5 heteroatoms. The van der Waals surface area contributed by atoms with Crippen LogP contribution in [0.25, 0.3) is 10.4 Å². The molecule has 0 bridgehead atoms. The third-order valence-corrected chi connectivity index (χ3v) is 1.85. The summed E-state index contributed by atoms with van der Waals surface area (Å²) in [7, 11) is 1.58. The first kappa shape index (κ1) is 11.8. The monoisotopic (exact) mass is 216 g/mol. The molecule has 0 amide bonds. The Bertz CT molecular complexity index is 467. The van der Waals surface area contributed by atoms with Crippen LogP contribution in [0.5, 0.6) is 5.75 Å². The highest BCUT2D eigenvalue weighted by atomic mass is 16.5. The first-order valence-electron chi connectivity index (χ1n) is 4.71. The van der Waals surface area contributed by atoms with Crippen molar-refractivity contribution in [3.05, 3.63) is 34.2 Å². The van der Waals surface area contributed by atoms with Gasteiger partial charge in [-0.05, 0) is 23.7 Å². The van der Waals surface area contributed by atoms with E-state index < -0.39 is 0 Å². The second-order valence-electron chi connectivity index (χ2n) is 2.97. The van der Waals surface area contributed by atoms with Gasteiger partial charge in [-0.3, -0.25) is 0 Å². The zero-order valence-corrected chi connectivity index (χ0v) is 8.97. The number of hydrogen-bond acceptors (Lipinski definition) is 3. The average Bonchev–Trinajstić information content (AvgIpc) is 2.29. The van der Waals surface area contributed by atoms with Crippen molar-refractivity contribution in [3.8, 4) is 17.6 Å². The molecule has 0 aliphatic heterocycles. The van der Waals surface area contributed by atoms with Crippen LogP contribution >= 0.6 is 0 Å². The number of nitrogen functional groups attached to an aromatic ring is 1. The Morgan fingerprint density at radius 1 is 1.56 bits per heavy atom. The average molecular weight is 216 g/mol. The number of nitrogens with two attached hydrogens (primary N) is 1. The molecule has 82 valence electrons. The Balaban J connectivity index is 2.78. The van der Waals surface area contributed by atoms with Crippen LogP contribution < -0.4 is 10.5 Å². The fraction of sp³-hybridized carbons (Fsp3) is 0.273. The molecule has 0 unspecified atom stereocenters. The highest BCUT2D eigenvalue weighted by Gasteiger charge is 1.99. The number of nitrogens with zero attached hydrogens (tertiary/aromatic N) is 3. The van der Waals surface area contributed by atoms with Gasteiger partial charge in [-0.25, -0.2) is 0 Å². The minimum atomic E-state index is 0.369. The van der Waals surface area contributed by atoms with Crippen molar-refractivity contribution < 1.29 is 4.74 Å². The highest BCUT2D eigenvalue weighted by Crippen LogP contribution is 2.19. The van der Waals surface area contributed by atoms with Crippen molar-refractivity contribution in [1.82, 2.24) is 0 Å². The summed E-state index contributed by atoms with van der Waals surface area (Å²) in [4.78, 5) is 2.64. The van der Waals surface area contributed by atoms with E-state index in [1.165, 1.54) is 0 Å². The van der Waals surface area contributed by atoms with Crippen LogP contribution in [0.3, 0.4) is 0 Å². The third kappa shape index (κ3) is 3.45. The van der Waals surface area contributed by atoms with E-state index >= 15 is 0 Å². The van der Waals surface area contributed by atoms with Gasteiger partial charge in [-0.1, -0.05) is 17.0 Å². The van der Waals surface area contributed by atoms with Crippen molar-refractivity contribution in [3.63, 3.8) is 0 Å². The number of methoxy groups -OCH3 is 1. The van der Waals surface area contributed by atoms with Crippen LogP contribution in [-0.4, -0.2) is 13.7 Å². The molecule has 1 aromatic carbocycles. The molecule has 16 heavy (non-hydrogen) atoms. The molecule has 0 aliphatic rings. The van der Waals surface area contributed by atoms with Crippen molar-refractivity contribution >= 4 is 5.69 Å². The van der Waals surface area contributed by atoms with Gasteiger partial charge in [0, 0.05) is 23.6 Å². The summed E-state index contributed by atoms with van der Waals surface area (Å²) in [6.45, 7) is 0.369. The van der Waals surface area contributed by atoms with Gasteiger partial charge in [-0.15, -0.1) is 0 Å². The normalized spacial score (nSPS) is 8.56. The zero-order chi connectivity index (χ0) is 11.8. The van der Waals surface area contributed by atoms with Crippen molar-refractivity contribution in [1.29, 1.82) is 0 Å². The second-order valence-corrected chi connectivity index (χ2v) is 2.97. The van der Waals surface area contributed by atoms with Gasteiger partial charge in [0.1, 0.15) is 5.75 Å². The fourth-order valence-electron chi connectivity index (χ4n) is 1.13. The maximum atomic E-state index is 8.07. The minimum absolute atomic E-state index is 0.369. The molecule has 0 atom stereocenters. The second kappa shape index (κ2) is 6.23. The number of rotatable bonds is 3.